The Morgan fingerprint density at radius 3 is 2.26 bits per heavy atom. The average Bonchev–Trinajstić information content (AvgIpc) is 2.77. The molecule has 2 aliphatic rings. The molecule has 31 heavy (non-hydrogen) atoms. The third-order valence-electron chi connectivity index (χ3n) is 6.92. The molecule has 0 spiro atoms. The number of ether oxygens (including phenoxy) is 1. The van der Waals surface area contributed by atoms with Crippen molar-refractivity contribution in [2.45, 2.75) is 39.5 Å². The molecule has 4 atom stereocenters. The smallest absolute Gasteiger partial charge is 0.337 e. The van der Waals surface area contributed by atoms with Crippen LogP contribution in [-0.2, 0) is 4.74 Å². The Hall–Kier alpha value is -3.43. The number of rotatable bonds is 2. The number of methoxy groups -OCH3 is 1. The molecule has 6 nitrogen and oxygen atoms in total. The molecule has 6 heteroatoms. The minimum atomic E-state index is -1.74. The van der Waals surface area contributed by atoms with Gasteiger partial charge < -0.3 is 10.1 Å². The van der Waals surface area contributed by atoms with Gasteiger partial charge in [-0.2, -0.15) is 15.8 Å². The minimum absolute atomic E-state index is 0.0242. The van der Waals surface area contributed by atoms with Crippen molar-refractivity contribution in [3.8, 4) is 18.2 Å². The van der Waals surface area contributed by atoms with Crippen LogP contribution in [-0.4, -0.2) is 18.8 Å². The van der Waals surface area contributed by atoms with Gasteiger partial charge in [-0.3, -0.25) is 0 Å². The van der Waals surface area contributed by atoms with Gasteiger partial charge in [0.2, 0.25) is 0 Å². The number of hydrogen-bond acceptors (Lipinski definition) is 6. The molecule has 1 N–H and O–H groups in total. The van der Waals surface area contributed by atoms with E-state index in [2.05, 4.69) is 45.1 Å². The quantitative estimate of drug-likeness (QED) is 0.552. The van der Waals surface area contributed by atoms with Crippen LogP contribution in [0.1, 0.15) is 55.5 Å². The summed E-state index contributed by atoms with van der Waals surface area (Å²) in [5.41, 5.74) is 0.0570. The van der Waals surface area contributed by atoms with Gasteiger partial charge in [0, 0.05) is 5.92 Å². The zero-order chi connectivity index (χ0) is 23.0. The van der Waals surface area contributed by atoms with Crippen LogP contribution < -0.4 is 0 Å². The van der Waals surface area contributed by atoms with Crippen LogP contribution in [0.15, 0.2) is 35.9 Å². The second kappa shape index (κ2) is 8.01. The predicted octanol–water partition coefficient (Wildman–Crippen LogP) is 4.76. The number of nitriles is 3. The van der Waals surface area contributed by atoms with Crippen LogP contribution >= 0.6 is 0 Å². The summed E-state index contributed by atoms with van der Waals surface area (Å²) in [4.78, 5) is 11.8. The van der Waals surface area contributed by atoms with Crippen LogP contribution in [0.4, 0.5) is 0 Å². The maximum absolute atomic E-state index is 11.8. The van der Waals surface area contributed by atoms with Crippen LogP contribution in [0.2, 0.25) is 0 Å². The number of nitrogens with one attached hydrogen (secondary N) is 1. The summed E-state index contributed by atoms with van der Waals surface area (Å²) in [6.07, 6.45) is 3.59. The SMILES string of the molecule is COC(=O)c1ccc([C@@H]2[C@H]3C[C@@H](C(C)(C)C)CC=C3C(C#N)C(=N)C2(C#N)C#N)cc1. The van der Waals surface area contributed by atoms with Gasteiger partial charge in [0.25, 0.3) is 0 Å². The lowest BCUT2D eigenvalue weighted by Crippen LogP contribution is -2.50. The highest BCUT2D eigenvalue weighted by Gasteiger charge is 2.58. The van der Waals surface area contributed by atoms with E-state index in [9.17, 15) is 20.6 Å². The fourth-order valence-corrected chi connectivity index (χ4v) is 5.05. The Labute approximate surface area is 183 Å². The first-order chi connectivity index (χ1) is 14.6. The lowest BCUT2D eigenvalue weighted by atomic mass is 9.51. The van der Waals surface area contributed by atoms with Gasteiger partial charge in [-0.15, -0.1) is 0 Å². The molecule has 1 saturated carbocycles. The van der Waals surface area contributed by atoms with Crippen LogP contribution in [0.3, 0.4) is 0 Å². The van der Waals surface area contributed by atoms with E-state index in [0.717, 1.165) is 18.4 Å². The van der Waals surface area contributed by atoms with Gasteiger partial charge in [-0.1, -0.05) is 39.0 Å². The number of carbonyl (C=O) groups excluding carboxylic acids is 1. The number of esters is 1. The van der Waals surface area contributed by atoms with Gasteiger partial charge in [-0.25, -0.2) is 4.79 Å². The third kappa shape index (κ3) is 3.51. The predicted molar refractivity (Wildman–Crippen MR) is 115 cm³/mol. The van der Waals surface area contributed by atoms with Crippen molar-refractivity contribution in [3.63, 3.8) is 0 Å². The molecule has 1 unspecified atom stereocenters. The molecule has 0 aliphatic heterocycles. The summed E-state index contributed by atoms with van der Waals surface area (Å²) in [6.45, 7) is 6.52. The van der Waals surface area contributed by atoms with Crippen molar-refractivity contribution in [2.24, 2.45) is 28.6 Å². The van der Waals surface area contributed by atoms with Crippen LogP contribution in [0.25, 0.3) is 0 Å². The first kappa shape index (κ1) is 22.3. The minimum Gasteiger partial charge on any atom is -0.465 e. The van der Waals surface area contributed by atoms with Crippen molar-refractivity contribution >= 4 is 11.7 Å². The fraction of sp³-hybridized carbons (Fsp3) is 0.480. The number of hydrogen-bond donors (Lipinski definition) is 1. The Balaban J connectivity index is 2.20. The molecule has 158 valence electrons. The molecule has 0 saturated heterocycles. The molecule has 3 rings (SSSR count). The Kier molecular flexibility index (Phi) is 5.75. The van der Waals surface area contributed by atoms with Gasteiger partial charge in [0.15, 0.2) is 5.41 Å². The van der Waals surface area contributed by atoms with Gasteiger partial charge in [0.1, 0.15) is 5.92 Å². The zero-order valence-corrected chi connectivity index (χ0v) is 18.3. The molecule has 1 fully saturated rings. The number of fused-ring (bicyclic) bond motifs is 1. The van der Waals surface area contributed by atoms with E-state index in [1.54, 1.807) is 24.3 Å². The summed E-state index contributed by atoms with van der Waals surface area (Å²) in [6, 6.07) is 13.1. The number of nitrogens with zero attached hydrogens (tertiary/aromatic N) is 3. The molecular weight excluding hydrogens is 388 g/mol. The second-order valence-corrected chi connectivity index (χ2v) is 9.44. The molecule has 0 amide bonds. The fourth-order valence-electron chi connectivity index (χ4n) is 5.05. The maximum atomic E-state index is 11.8. The number of carbonyl (C=O) groups is 1. The van der Waals surface area contributed by atoms with Crippen molar-refractivity contribution in [1.82, 2.24) is 0 Å². The highest BCUT2D eigenvalue weighted by Crippen LogP contribution is 2.57. The Bertz CT molecular complexity index is 1040. The molecule has 2 aliphatic carbocycles. The molecule has 1 aromatic rings. The molecule has 0 aromatic heterocycles. The highest BCUT2D eigenvalue weighted by molar-refractivity contribution is 6.00. The summed E-state index contributed by atoms with van der Waals surface area (Å²) in [5.74, 6) is -1.82. The van der Waals surface area contributed by atoms with Gasteiger partial charge in [0.05, 0.1) is 36.6 Å². The van der Waals surface area contributed by atoms with Crippen molar-refractivity contribution in [1.29, 1.82) is 21.2 Å². The molecule has 1 aromatic carbocycles. The maximum Gasteiger partial charge on any atom is 0.337 e. The van der Waals surface area contributed by atoms with E-state index in [1.807, 2.05) is 0 Å². The topological polar surface area (TPSA) is 122 Å². The molecular formula is C25H26N4O2. The van der Waals surface area contributed by atoms with E-state index in [1.165, 1.54) is 7.11 Å². The van der Waals surface area contributed by atoms with Crippen molar-refractivity contribution in [3.05, 3.63) is 47.0 Å². The average molecular weight is 415 g/mol. The van der Waals surface area contributed by atoms with Gasteiger partial charge >= 0.3 is 5.97 Å². The van der Waals surface area contributed by atoms with E-state index in [-0.39, 0.29) is 17.0 Å². The largest absolute Gasteiger partial charge is 0.465 e. The number of allylic oxidation sites excluding steroid dienone is 2. The second-order valence-electron chi connectivity index (χ2n) is 9.44. The van der Waals surface area contributed by atoms with E-state index in [4.69, 9.17) is 10.1 Å². The van der Waals surface area contributed by atoms with Crippen molar-refractivity contribution < 1.29 is 9.53 Å². The summed E-state index contributed by atoms with van der Waals surface area (Å²) in [5, 5.41) is 38.8. The normalized spacial score (nSPS) is 27.0. The lowest BCUT2D eigenvalue weighted by Gasteiger charge is -2.49. The van der Waals surface area contributed by atoms with E-state index < -0.39 is 23.2 Å². The highest BCUT2D eigenvalue weighted by atomic mass is 16.5. The standard InChI is InChI=1S/C25H26N4O2/c1-24(2,3)17-9-10-18-19(11-17)21(15-5-7-16(8-6-15)23(30)31-4)25(13-27,14-28)22(29)20(18)12-26/h5-8,10,17,19-21,29H,9,11H2,1-4H3/t17-,19-,20?,21+/m0/s1. The lowest BCUT2D eigenvalue weighted by molar-refractivity contribution is 0.0600. The summed E-state index contributed by atoms with van der Waals surface area (Å²) in [7, 11) is 1.31. The van der Waals surface area contributed by atoms with Crippen LogP contribution in [0.5, 0.6) is 0 Å². The van der Waals surface area contributed by atoms with E-state index >= 15 is 0 Å². The van der Waals surface area contributed by atoms with Crippen LogP contribution in [0, 0.1) is 68.0 Å². The van der Waals surface area contributed by atoms with Crippen molar-refractivity contribution in [2.75, 3.05) is 7.11 Å². The summed E-state index contributed by atoms with van der Waals surface area (Å²) >= 11 is 0. The number of benzene rings is 1. The molecule has 0 heterocycles. The Morgan fingerprint density at radius 1 is 1.16 bits per heavy atom. The first-order valence-corrected chi connectivity index (χ1v) is 10.3. The first-order valence-electron chi connectivity index (χ1n) is 10.3. The van der Waals surface area contributed by atoms with Gasteiger partial charge in [-0.05, 0) is 53.4 Å². The molecule has 0 bridgehead atoms. The summed E-state index contributed by atoms with van der Waals surface area (Å²) < 4.78 is 4.77. The zero-order valence-electron chi connectivity index (χ0n) is 18.3. The Morgan fingerprint density at radius 2 is 1.77 bits per heavy atom. The third-order valence-corrected chi connectivity index (χ3v) is 6.92. The monoisotopic (exact) mass is 414 g/mol. The molecule has 0 radical (unpaired) electrons. The van der Waals surface area contributed by atoms with E-state index in [0.29, 0.717) is 17.0 Å².